The molecule has 1 aromatic carbocycles. The van der Waals surface area contributed by atoms with Crippen LogP contribution in [0, 0.1) is 5.92 Å². The van der Waals surface area contributed by atoms with Crippen LogP contribution in [-0.2, 0) is 0 Å². The number of aliphatic hydroxyl groups excluding tert-OH is 1. The van der Waals surface area contributed by atoms with Gasteiger partial charge >= 0.3 is 6.18 Å². The average Bonchev–Trinajstić information content (AvgIpc) is 2.18. The van der Waals surface area contributed by atoms with E-state index in [0.29, 0.717) is 0 Å². The van der Waals surface area contributed by atoms with E-state index in [1.807, 2.05) is 0 Å². The Hall–Kier alpha value is -1.29. The summed E-state index contributed by atoms with van der Waals surface area (Å²) >= 11 is 0. The van der Waals surface area contributed by atoms with Crippen LogP contribution >= 0.6 is 0 Å². The first kappa shape index (κ1) is 11.8. The van der Waals surface area contributed by atoms with E-state index in [0.717, 1.165) is 6.08 Å². The van der Waals surface area contributed by atoms with Gasteiger partial charge in [-0.15, -0.1) is 6.58 Å². The van der Waals surface area contributed by atoms with Crippen LogP contribution in [-0.4, -0.2) is 11.3 Å². The highest BCUT2D eigenvalue weighted by Gasteiger charge is 2.42. The molecule has 0 aliphatic carbocycles. The van der Waals surface area contributed by atoms with Crippen molar-refractivity contribution in [3.8, 4) is 0 Å². The predicted octanol–water partition coefficient (Wildman–Crippen LogP) is 3.08. The van der Waals surface area contributed by atoms with Crippen molar-refractivity contribution in [3.05, 3.63) is 48.6 Å². The molecule has 1 rings (SSSR count). The van der Waals surface area contributed by atoms with E-state index in [9.17, 15) is 18.3 Å². The number of halogens is 3. The Balaban J connectivity index is 2.92. The molecule has 0 spiro atoms. The topological polar surface area (TPSA) is 20.2 Å². The zero-order valence-corrected chi connectivity index (χ0v) is 7.91. The molecule has 82 valence electrons. The molecule has 0 saturated carbocycles. The first-order valence-corrected chi connectivity index (χ1v) is 4.39. The molecule has 0 aliphatic heterocycles. The molecule has 15 heavy (non-hydrogen) atoms. The summed E-state index contributed by atoms with van der Waals surface area (Å²) < 4.78 is 37.3. The van der Waals surface area contributed by atoms with E-state index < -0.39 is 18.2 Å². The van der Waals surface area contributed by atoms with Crippen molar-refractivity contribution in [1.82, 2.24) is 0 Å². The molecular weight excluding hydrogens is 205 g/mol. The summed E-state index contributed by atoms with van der Waals surface area (Å²) in [6, 6.07) is 7.73. The molecule has 1 aromatic rings. The van der Waals surface area contributed by atoms with Gasteiger partial charge in [-0.2, -0.15) is 13.2 Å². The summed E-state index contributed by atoms with van der Waals surface area (Å²) in [5, 5.41) is 9.52. The zero-order chi connectivity index (χ0) is 11.5. The van der Waals surface area contributed by atoms with Crippen LogP contribution in [0.4, 0.5) is 13.2 Å². The second-order valence-corrected chi connectivity index (χ2v) is 3.16. The molecule has 0 bridgehead atoms. The van der Waals surface area contributed by atoms with E-state index >= 15 is 0 Å². The molecule has 1 nitrogen and oxygen atoms in total. The van der Waals surface area contributed by atoms with Crippen LogP contribution < -0.4 is 0 Å². The highest BCUT2D eigenvalue weighted by Crippen LogP contribution is 2.36. The van der Waals surface area contributed by atoms with E-state index in [4.69, 9.17) is 0 Å². The third-order valence-electron chi connectivity index (χ3n) is 2.11. The fourth-order valence-corrected chi connectivity index (χ4v) is 1.30. The molecule has 0 radical (unpaired) electrons. The molecule has 1 N–H and O–H groups in total. The third-order valence-corrected chi connectivity index (χ3v) is 2.11. The maximum Gasteiger partial charge on any atom is 0.397 e. The van der Waals surface area contributed by atoms with Gasteiger partial charge in [0.15, 0.2) is 0 Å². The average molecular weight is 216 g/mol. The van der Waals surface area contributed by atoms with Gasteiger partial charge in [-0.1, -0.05) is 36.4 Å². The minimum absolute atomic E-state index is 0.236. The second kappa shape index (κ2) is 4.49. The monoisotopic (exact) mass is 216 g/mol. The number of benzene rings is 1. The summed E-state index contributed by atoms with van der Waals surface area (Å²) in [5.74, 6) is -1.93. The SMILES string of the molecule is C=CC(C(O)c1ccccc1)C(F)(F)F. The predicted molar refractivity (Wildman–Crippen MR) is 51.1 cm³/mol. The fraction of sp³-hybridized carbons (Fsp3) is 0.273. The molecule has 0 amide bonds. The fourth-order valence-electron chi connectivity index (χ4n) is 1.30. The van der Waals surface area contributed by atoms with Gasteiger partial charge in [0.1, 0.15) is 5.92 Å². The third kappa shape index (κ3) is 2.83. The summed E-state index contributed by atoms with van der Waals surface area (Å²) in [6.45, 7) is 3.09. The van der Waals surface area contributed by atoms with Crippen LogP contribution in [0.3, 0.4) is 0 Å². The Morgan fingerprint density at radius 2 is 1.73 bits per heavy atom. The molecule has 0 saturated heterocycles. The van der Waals surface area contributed by atoms with Crippen LogP contribution in [0.5, 0.6) is 0 Å². The molecule has 0 heterocycles. The van der Waals surface area contributed by atoms with Gasteiger partial charge in [-0.3, -0.25) is 0 Å². The summed E-state index contributed by atoms with van der Waals surface area (Å²) in [4.78, 5) is 0. The summed E-state index contributed by atoms with van der Waals surface area (Å²) in [7, 11) is 0. The highest BCUT2D eigenvalue weighted by atomic mass is 19.4. The van der Waals surface area contributed by atoms with Crippen molar-refractivity contribution in [2.24, 2.45) is 5.92 Å². The van der Waals surface area contributed by atoms with Gasteiger partial charge < -0.3 is 5.11 Å². The first-order chi connectivity index (χ1) is 6.96. The minimum Gasteiger partial charge on any atom is -0.387 e. The maximum absolute atomic E-state index is 12.4. The van der Waals surface area contributed by atoms with Crippen LogP contribution in [0.25, 0.3) is 0 Å². The van der Waals surface area contributed by atoms with E-state index in [1.54, 1.807) is 18.2 Å². The molecule has 0 aromatic heterocycles. The smallest absolute Gasteiger partial charge is 0.387 e. The molecule has 2 atom stereocenters. The van der Waals surface area contributed by atoms with E-state index in [1.165, 1.54) is 12.1 Å². The Bertz CT molecular complexity index is 318. The van der Waals surface area contributed by atoms with Crippen LogP contribution in [0.2, 0.25) is 0 Å². The van der Waals surface area contributed by atoms with E-state index in [-0.39, 0.29) is 5.56 Å². The number of rotatable bonds is 3. The van der Waals surface area contributed by atoms with Gasteiger partial charge in [0.25, 0.3) is 0 Å². The molecule has 0 aliphatic rings. The van der Waals surface area contributed by atoms with Crippen molar-refractivity contribution in [2.75, 3.05) is 0 Å². The van der Waals surface area contributed by atoms with Crippen molar-refractivity contribution >= 4 is 0 Å². The zero-order valence-electron chi connectivity index (χ0n) is 7.91. The lowest BCUT2D eigenvalue weighted by atomic mass is 9.95. The van der Waals surface area contributed by atoms with Crippen molar-refractivity contribution < 1.29 is 18.3 Å². The standard InChI is InChI=1S/C11H11F3O/c1-2-9(11(12,13)14)10(15)8-6-4-3-5-7-8/h2-7,9-10,15H,1H2. The molecule has 4 heteroatoms. The van der Waals surface area contributed by atoms with Crippen molar-refractivity contribution in [1.29, 1.82) is 0 Å². The number of hydrogen-bond donors (Lipinski definition) is 1. The molecule has 0 fully saturated rings. The Morgan fingerprint density at radius 1 is 1.20 bits per heavy atom. The Morgan fingerprint density at radius 3 is 2.13 bits per heavy atom. The van der Waals surface area contributed by atoms with Crippen LogP contribution in [0.1, 0.15) is 11.7 Å². The maximum atomic E-state index is 12.4. The lowest BCUT2D eigenvalue weighted by Crippen LogP contribution is -2.27. The summed E-state index contributed by atoms with van der Waals surface area (Å²) in [6.07, 6.45) is -5.35. The van der Waals surface area contributed by atoms with E-state index in [2.05, 4.69) is 6.58 Å². The van der Waals surface area contributed by atoms with Gasteiger partial charge in [0.2, 0.25) is 0 Å². The lowest BCUT2D eigenvalue weighted by molar-refractivity contribution is -0.185. The Labute approximate surface area is 85.9 Å². The van der Waals surface area contributed by atoms with Crippen molar-refractivity contribution in [3.63, 3.8) is 0 Å². The van der Waals surface area contributed by atoms with Gasteiger partial charge in [-0.25, -0.2) is 0 Å². The Kier molecular flexibility index (Phi) is 3.52. The lowest BCUT2D eigenvalue weighted by Gasteiger charge is -2.22. The summed E-state index contributed by atoms with van der Waals surface area (Å²) in [5.41, 5.74) is 0.236. The molecular formula is C11H11F3O. The second-order valence-electron chi connectivity index (χ2n) is 3.16. The normalized spacial score (nSPS) is 15.7. The number of aliphatic hydroxyl groups is 1. The first-order valence-electron chi connectivity index (χ1n) is 4.39. The van der Waals surface area contributed by atoms with Crippen molar-refractivity contribution in [2.45, 2.75) is 12.3 Å². The van der Waals surface area contributed by atoms with Gasteiger partial charge in [0, 0.05) is 0 Å². The quantitative estimate of drug-likeness (QED) is 0.770. The highest BCUT2D eigenvalue weighted by molar-refractivity contribution is 5.19. The van der Waals surface area contributed by atoms with Gasteiger partial charge in [0.05, 0.1) is 6.10 Å². The van der Waals surface area contributed by atoms with Crippen LogP contribution in [0.15, 0.2) is 43.0 Å². The number of hydrogen-bond acceptors (Lipinski definition) is 1. The van der Waals surface area contributed by atoms with Gasteiger partial charge in [-0.05, 0) is 5.56 Å². The molecule has 2 unspecified atom stereocenters. The largest absolute Gasteiger partial charge is 0.397 e. The minimum atomic E-state index is -4.48. The number of alkyl halides is 3.